The van der Waals surface area contributed by atoms with E-state index in [-0.39, 0.29) is 18.4 Å². The van der Waals surface area contributed by atoms with Crippen molar-refractivity contribution in [2.75, 3.05) is 20.4 Å². The normalized spacial score (nSPS) is 16.9. The van der Waals surface area contributed by atoms with Crippen molar-refractivity contribution >= 4 is 34.5 Å². The van der Waals surface area contributed by atoms with Gasteiger partial charge >= 0.3 is 0 Å². The Bertz CT molecular complexity index is 1410. The maximum Gasteiger partial charge on any atom is 0.226 e. The van der Waals surface area contributed by atoms with E-state index in [4.69, 9.17) is 9.73 Å². The largest absolute Gasteiger partial charge is 0.480 e. The van der Waals surface area contributed by atoms with Crippen molar-refractivity contribution < 1.29 is 13.7 Å². The molecule has 2 saturated carbocycles. The molecule has 4 rings (SSSR count). The number of rotatable bonds is 12. The summed E-state index contributed by atoms with van der Waals surface area (Å²) in [6.07, 6.45) is 9.88. The van der Waals surface area contributed by atoms with E-state index in [0.717, 1.165) is 29.7 Å². The smallest absolute Gasteiger partial charge is 0.226 e. The lowest BCUT2D eigenvalue weighted by Crippen LogP contribution is -2.42. The summed E-state index contributed by atoms with van der Waals surface area (Å²) < 4.78 is 17.2. The second kappa shape index (κ2) is 13.3. The topological polar surface area (TPSA) is 122 Å². The molecule has 0 bridgehead atoms. The van der Waals surface area contributed by atoms with Crippen molar-refractivity contribution in [3.05, 3.63) is 59.3 Å². The van der Waals surface area contributed by atoms with Crippen molar-refractivity contribution in [2.24, 2.45) is 15.9 Å². The Balaban J connectivity index is 1.69. The number of nitrogens with zero attached hydrogens (tertiary/aromatic N) is 6. The number of carbonyl (C=O) groups excluding carboxylic acids is 1. The molecule has 2 aliphatic carbocycles. The Kier molecular flexibility index (Phi) is 9.80. The molecule has 1 unspecified atom stereocenters. The van der Waals surface area contributed by atoms with E-state index in [1.807, 2.05) is 27.0 Å². The molecule has 0 amide bonds. The summed E-state index contributed by atoms with van der Waals surface area (Å²) in [6, 6.07) is 3.74. The minimum Gasteiger partial charge on any atom is -0.480 e. The maximum absolute atomic E-state index is 12.2. The number of aromatic nitrogens is 3. The summed E-state index contributed by atoms with van der Waals surface area (Å²) in [5.74, 6) is 2.17. The third-order valence-corrected chi connectivity index (χ3v) is 8.22. The van der Waals surface area contributed by atoms with E-state index in [9.17, 15) is 9.00 Å². The van der Waals surface area contributed by atoms with Crippen molar-refractivity contribution in [2.45, 2.75) is 70.0 Å². The number of nitrogens with one attached hydrogen (secondary N) is 1. The quantitative estimate of drug-likeness (QED) is 0.225. The number of hydrogen-bond donors (Lipinski definition) is 1. The number of allylic oxidation sites excluding steroid dienone is 1. The van der Waals surface area contributed by atoms with Gasteiger partial charge in [0.2, 0.25) is 5.88 Å². The molecule has 11 heteroatoms. The van der Waals surface area contributed by atoms with Gasteiger partial charge in [0.25, 0.3) is 0 Å². The molecule has 2 aliphatic rings. The van der Waals surface area contributed by atoms with Crippen molar-refractivity contribution in [3.63, 3.8) is 0 Å². The van der Waals surface area contributed by atoms with Crippen LogP contribution in [0.5, 0.6) is 5.88 Å². The molecule has 2 aromatic heterocycles. The summed E-state index contributed by atoms with van der Waals surface area (Å²) in [5, 5.41) is 3.75. The molecule has 0 spiro atoms. The summed E-state index contributed by atoms with van der Waals surface area (Å²) in [7, 11) is 2.44. The van der Waals surface area contributed by atoms with E-state index < -0.39 is 10.8 Å². The number of ether oxygens (including phenoxy) is 1. The molecular weight excluding hydrogens is 538 g/mol. The number of pyridine rings is 1. The van der Waals surface area contributed by atoms with E-state index in [2.05, 4.69) is 43.7 Å². The summed E-state index contributed by atoms with van der Waals surface area (Å²) in [5.41, 5.74) is 4.50. The molecule has 2 fully saturated rings. The molecular formula is C30H39N7O3S. The molecule has 41 heavy (non-hydrogen) atoms. The van der Waals surface area contributed by atoms with Gasteiger partial charge in [-0.1, -0.05) is 12.6 Å². The van der Waals surface area contributed by atoms with Gasteiger partial charge in [0.05, 0.1) is 47.1 Å². The molecule has 10 nitrogen and oxygen atoms in total. The molecule has 1 N–H and O–H groups in total. The first-order valence-electron chi connectivity index (χ1n) is 13.8. The zero-order valence-corrected chi connectivity index (χ0v) is 25.5. The average molecular weight is 578 g/mol. The number of methoxy groups -OCH3 is 1. The SMILES string of the molecule is C=C(N=C(C(NC(C=O)=NCc1ccc(S(C)=O)nc1)=C(C)C)N(C)[C@@H](C)C1CC1)c1c(OC)ncnc1C1CC1. The van der Waals surface area contributed by atoms with Gasteiger partial charge in [0.1, 0.15) is 11.4 Å². The molecule has 0 aromatic carbocycles. The van der Waals surface area contributed by atoms with Crippen LogP contribution >= 0.6 is 0 Å². The second-order valence-electron chi connectivity index (χ2n) is 10.8. The zero-order valence-electron chi connectivity index (χ0n) is 24.7. The van der Waals surface area contributed by atoms with Crippen molar-refractivity contribution in [1.29, 1.82) is 0 Å². The van der Waals surface area contributed by atoms with Crippen LogP contribution < -0.4 is 10.1 Å². The lowest BCUT2D eigenvalue weighted by atomic mass is 10.1. The highest BCUT2D eigenvalue weighted by molar-refractivity contribution is 7.84. The van der Waals surface area contributed by atoms with Gasteiger partial charge in [-0.2, -0.15) is 0 Å². The highest BCUT2D eigenvalue weighted by Crippen LogP contribution is 2.44. The predicted octanol–water partition coefficient (Wildman–Crippen LogP) is 4.28. The van der Waals surface area contributed by atoms with Crippen LogP contribution in [-0.2, 0) is 22.1 Å². The van der Waals surface area contributed by atoms with E-state index in [0.29, 0.717) is 51.8 Å². The number of hydrogen-bond acceptors (Lipinski definition) is 8. The Hall–Kier alpha value is -3.73. The minimum absolute atomic E-state index is 0.162. The molecule has 2 aromatic rings. The van der Waals surface area contributed by atoms with Gasteiger partial charge in [-0.3, -0.25) is 14.0 Å². The molecule has 0 radical (unpaired) electrons. The first-order chi connectivity index (χ1) is 19.6. The Morgan fingerprint density at radius 2 is 1.98 bits per heavy atom. The number of carbonyl (C=O) groups is 1. The van der Waals surface area contributed by atoms with Crippen LogP contribution in [0, 0.1) is 5.92 Å². The lowest BCUT2D eigenvalue weighted by Gasteiger charge is -2.31. The molecule has 2 atom stereocenters. The molecule has 218 valence electrons. The molecule has 0 saturated heterocycles. The number of amidine groups is 2. The van der Waals surface area contributed by atoms with Crippen LogP contribution in [0.15, 0.2) is 57.5 Å². The fraction of sp³-hybridized carbons (Fsp3) is 0.467. The fourth-order valence-electron chi connectivity index (χ4n) is 4.55. The standard InChI is InChI=1S/C30H39N7O3S/c1-18(2)27(36-24(16-38)31-14-21-8-13-25(32-15-21)41(7)39)29(37(5)20(4)22-9-10-22)35-19(3)26-28(23-11-12-23)33-17-34-30(26)40-6/h8,13,15-17,20,22-23H,3,9-12,14H2,1-2,4-7H3,(H,31,36)/t20-,41?/m0/s1. The first kappa shape index (κ1) is 30.2. The van der Waals surface area contributed by atoms with Gasteiger partial charge in [-0.05, 0) is 69.6 Å². The summed E-state index contributed by atoms with van der Waals surface area (Å²) in [4.78, 5) is 37.0. The molecule has 0 aliphatic heterocycles. The van der Waals surface area contributed by atoms with Crippen LogP contribution in [0.2, 0.25) is 0 Å². The first-order valence-corrected chi connectivity index (χ1v) is 15.3. The predicted molar refractivity (Wildman–Crippen MR) is 162 cm³/mol. The number of aliphatic imine (C=N–C) groups is 2. The van der Waals surface area contributed by atoms with Crippen LogP contribution in [0.25, 0.3) is 5.70 Å². The van der Waals surface area contributed by atoms with Crippen molar-refractivity contribution in [3.8, 4) is 5.88 Å². The zero-order chi connectivity index (χ0) is 29.7. The molecule has 2 heterocycles. The Morgan fingerprint density at radius 1 is 1.24 bits per heavy atom. The lowest BCUT2D eigenvalue weighted by molar-refractivity contribution is -0.102. The fourth-order valence-corrected chi connectivity index (χ4v) is 5.01. The van der Waals surface area contributed by atoms with Crippen LogP contribution in [0.3, 0.4) is 0 Å². The average Bonchev–Trinajstić information content (AvgIpc) is 3.89. The monoisotopic (exact) mass is 577 g/mol. The van der Waals surface area contributed by atoms with E-state index in [1.54, 1.807) is 25.6 Å². The minimum atomic E-state index is -1.16. The van der Waals surface area contributed by atoms with Gasteiger partial charge in [-0.15, -0.1) is 0 Å². The summed E-state index contributed by atoms with van der Waals surface area (Å²) >= 11 is 0. The van der Waals surface area contributed by atoms with Crippen LogP contribution in [0.1, 0.15) is 69.2 Å². The van der Waals surface area contributed by atoms with Gasteiger partial charge in [0, 0.05) is 31.5 Å². The van der Waals surface area contributed by atoms with E-state index in [1.165, 1.54) is 19.2 Å². The number of aldehydes is 1. The summed E-state index contributed by atoms with van der Waals surface area (Å²) in [6.45, 7) is 10.7. The highest BCUT2D eigenvalue weighted by atomic mass is 32.2. The Morgan fingerprint density at radius 3 is 2.51 bits per heavy atom. The Labute approximate surface area is 244 Å². The third-order valence-electron chi connectivity index (χ3n) is 7.39. The van der Waals surface area contributed by atoms with Gasteiger partial charge in [0.15, 0.2) is 18.0 Å². The van der Waals surface area contributed by atoms with Crippen LogP contribution in [-0.4, -0.2) is 68.5 Å². The van der Waals surface area contributed by atoms with Crippen LogP contribution in [0.4, 0.5) is 0 Å². The van der Waals surface area contributed by atoms with Crippen molar-refractivity contribution in [1.82, 2.24) is 25.2 Å². The van der Waals surface area contributed by atoms with Gasteiger partial charge < -0.3 is 15.0 Å². The maximum atomic E-state index is 12.2. The highest BCUT2D eigenvalue weighted by Gasteiger charge is 2.34. The second-order valence-corrected chi connectivity index (χ2v) is 12.1. The van der Waals surface area contributed by atoms with E-state index >= 15 is 0 Å². The third kappa shape index (κ3) is 7.52. The van der Waals surface area contributed by atoms with Gasteiger partial charge in [-0.25, -0.2) is 19.9 Å². The number of likely N-dealkylation sites (N-methyl/N-ethyl adjacent to an activating group) is 1.